The van der Waals surface area contributed by atoms with Gasteiger partial charge in [0.25, 0.3) is 5.56 Å². The predicted molar refractivity (Wildman–Crippen MR) is 144 cm³/mol. The van der Waals surface area contributed by atoms with Crippen LogP contribution in [0, 0.1) is 13.8 Å². The molecule has 194 valence electrons. The monoisotopic (exact) mass is 500 g/mol. The van der Waals surface area contributed by atoms with Crippen LogP contribution in [0.25, 0.3) is 10.9 Å². The second-order valence-corrected chi connectivity index (χ2v) is 10.1. The van der Waals surface area contributed by atoms with Crippen molar-refractivity contribution in [1.82, 2.24) is 30.1 Å². The highest BCUT2D eigenvalue weighted by molar-refractivity contribution is 5.79. The number of benzene rings is 2. The molecule has 3 heterocycles. The molecule has 0 aliphatic carbocycles. The molecule has 1 saturated heterocycles. The van der Waals surface area contributed by atoms with Crippen molar-refractivity contribution in [2.75, 3.05) is 13.2 Å². The van der Waals surface area contributed by atoms with E-state index in [1.807, 2.05) is 22.9 Å². The van der Waals surface area contributed by atoms with Gasteiger partial charge in [-0.05, 0) is 84.7 Å². The topological polar surface area (TPSA) is 88.9 Å². The summed E-state index contributed by atoms with van der Waals surface area (Å²) in [6, 6.07) is 16.6. The zero-order valence-electron chi connectivity index (χ0n) is 22.0. The van der Waals surface area contributed by atoms with Crippen molar-refractivity contribution >= 4 is 10.9 Å². The standard InChI is InChI=1S/C29H36N6O2/c1-4-27(28-31-32-33-35(28)19-25-10-7-15-37-25)34(14-13-22-9-6-5-8-21(22)3)18-24-17-23-16-20(2)11-12-26(23)30-29(24)36/h5-6,8-9,11-12,16-17,25,27H,4,7,10,13-15,18-19H2,1-3H3,(H,30,36)/t25-,27+/m0/s1. The first-order valence-electron chi connectivity index (χ1n) is 13.3. The first kappa shape index (κ1) is 25.3. The zero-order valence-corrected chi connectivity index (χ0v) is 22.0. The number of ether oxygens (including phenoxy) is 1. The van der Waals surface area contributed by atoms with E-state index in [4.69, 9.17) is 4.74 Å². The summed E-state index contributed by atoms with van der Waals surface area (Å²) in [7, 11) is 0. The number of nitrogens with zero attached hydrogens (tertiary/aromatic N) is 5. The van der Waals surface area contributed by atoms with Crippen LogP contribution < -0.4 is 5.56 Å². The summed E-state index contributed by atoms with van der Waals surface area (Å²) in [5.41, 5.74) is 5.31. The van der Waals surface area contributed by atoms with Gasteiger partial charge in [0, 0.05) is 30.8 Å². The van der Waals surface area contributed by atoms with Gasteiger partial charge < -0.3 is 9.72 Å². The number of hydrogen-bond acceptors (Lipinski definition) is 6. The Hall–Kier alpha value is -3.36. The van der Waals surface area contributed by atoms with Crippen LogP contribution in [0.4, 0.5) is 0 Å². The van der Waals surface area contributed by atoms with E-state index in [-0.39, 0.29) is 17.7 Å². The Bertz CT molecular complexity index is 1410. The number of rotatable bonds is 10. The number of fused-ring (bicyclic) bond motifs is 1. The van der Waals surface area contributed by atoms with Crippen molar-refractivity contribution in [3.8, 4) is 0 Å². The molecule has 4 aromatic rings. The smallest absolute Gasteiger partial charge is 0.252 e. The molecule has 0 amide bonds. The maximum atomic E-state index is 13.1. The Morgan fingerprint density at radius 1 is 1.16 bits per heavy atom. The predicted octanol–water partition coefficient (Wildman–Crippen LogP) is 4.51. The van der Waals surface area contributed by atoms with Gasteiger partial charge in [0.15, 0.2) is 5.82 Å². The fourth-order valence-electron chi connectivity index (χ4n) is 5.37. The molecule has 1 fully saturated rings. The van der Waals surface area contributed by atoms with Crippen LogP contribution in [0.15, 0.2) is 53.3 Å². The quantitative estimate of drug-likeness (QED) is 0.345. The van der Waals surface area contributed by atoms with E-state index in [1.165, 1.54) is 16.7 Å². The molecule has 0 spiro atoms. The highest BCUT2D eigenvalue weighted by atomic mass is 16.5. The largest absolute Gasteiger partial charge is 0.376 e. The Morgan fingerprint density at radius 2 is 2.03 bits per heavy atom. The summed E-state index contributed by atoms with van der Waals surface area (Å²) in [6.45, 7) is 9.12. The molecule has 2 aromatic heterocycles. The van der Waals surface area contributed by atoms with E-state index < -0.39 is 0 Å². The Labute approximate surface area is 217 Å². The first-order chi connectivity index (χ1) is 18.0. The third kappa shape index (κ3) is 5.81. The number of nitrogens with one attached hydrogen (secondary N) is 1. The molecule has 37 heavy (non-hydrogen) atoms. The average Bonchev–Trinajstić information content (AvgIpc) is 3.57. The molecule has 8 nitrogen and oxygen atoms in total. The molecule has 0 radical (unpaired) electrons. The van der Waals surface area contributed by atoms with Crippen LogP contribution in [0.3, 0.4) is 0 Å². The number of pyridine rings is 1. The van der Waals surface area contributed by atoms with E-state index in [1.54, 1.807) is 0 Å². The minimum atomic E-state index is -0.0500. The van der Waals surface area contributed by atoms with Gasteiger partial charge in [-0.25, -0.2) is 4.68 Å². The maximum absolute atomic E-state index is 13.1. The van der Waals surface area contributed by atoms with Crippen molar-refractivity contribution in [2.45, 2.75) is 71.7 Å². The number of aromatic amines is 1. The van der Waals surface area contributed by atoms with E-state index in [0.717, 1.165) is 61.1 Å². The third-order valence-electron chi connectivity index (χ3n) is 7.47. The van der Waals surface area contributed by atoms with E-state index in [2.05, 4.69) is 76.5 Å². The molecule has 0 unspecified atom stereocenters. The lowest BCUT2D eigenvalue weighted by atomic mass is 10.0. The summed E-state index contributed by atoms with van der Waals surface area (Å²) in [5, 5.41) is 13.9. The molecule has 8 heteroatoms. The number of aryl methyl sites for hydroxylation is 2. The highest BCUT2D eigenvalue weighted by Gasteiger charge is 2.27. The fourth-order valence-corrected chi connectivity index (χ4v) is 5.37. The minimum Gasteiger partial charge on any atom is -0.376 e. The van der Waals surface area contributed by atoms with Crippen LogP contribution in [-0.2, 0) is 24.2 Å². The zero-order chi connectivity index (χ0) is 25.8. The van der Waals surface area contributed by atoms with Gasteiger partial charge in [0.05, 0.1) is 18.7 Å². The second kappa shape index (κ2) is 11.4. The Kier molecular flexibility index (Phi) is 7.76. The lowest BCUT2D eigenvalue weighted by Gasteiger charge is -2.30. The lowest BCUT2D eigenvalue weighted by molar-refractivity contribution is 0.0893. The van der Waals surface area contributed by atoms with Crippen LogP contribution >= 0.6 is 0 Å². The van der Waals surface area contributed by atoms with Crippen molar-refractivity contribution in [3.05, 3.63) is 87.0 Å². The molecular formula is C29H36N6O2. The van der Waals surface area contributed by atoms with Crippen molar-refractivity contribution in [1.29, 1.82) is 0 Å². The van der Waals surface area contributed by atoms with E-state index in [0.29, 0.717) is 13.1 Å². The molecule has 2 aromatic carbocycles. The van der Waals surface area contributed by atoms with E-state index >= 15 is 0 Å². The van der Waals surface area contributed by atoms with Gasteiger partial charge >= 0.3 is 0 Å². The number of hydrogen-bond donors (Lipinski definition) is 1. The normalized spacial score (nSPS) is 16.6. The molecular weight excluding hydrogens is 464 g/mol. The lowest BCUT2D eigenvalue weighted by Crippen LogP contribution is -2.35. The molecule has 0 bridgehead atoms. The fraction of sp³-hybridized carbons (Fsp3) is 0.448. The van der Waals surface area contributed by atoms with Gasteiger partial charge in [-0.1, -0.05) is 42.8 Å². The van der Waals surface area contributed by atoms with Crippen molar-refractivity contribution in [2.24, 2.45) is 0 Å². The summed E-state index contributed by atoms with van der Waals surface area (Å²) in [6.07, 6.45) is 3.95. The minimum absolute atomic E-state index is 0.0342. The Balaban J connectivity index is 1.47. The van der Waals surface area contributed by atoms with Gasteiger partial charge in [-0.2, -0.15) is 0 Å². The SMILES string of the molecule is CC[C@H](c1nnnn1C[C@@H]1CCCO1)N(CCc1ccccc1C)Cc1cc2cc(C)ccc2[nH]c1=O. The summed E-state index contributed by atoms with van der Waals surface area (Å²) < 4.78 is 7.76. The molecule has 2 atom stereocenters. The van der Waals surface area contributed by atoms with E-state index in [9.17, 15) is 4.79 Å². The van der Waals surface area contributed by atoms with Gasteiger partial charge in [-0.3, -0.25) is 9.69 Å². The average molecular weight is 501 g/mol. The summed E-state index contributed by atoms with van der Waals surface area (Å²) >= 11 is 0. The number of tetrazole rings is 1. The van der Waals surface area contributed by atoms with Gasteiger partial charge in [0.1, 0.15) is 0 Å². The van der Waals surface area contributed by atoms with Gasteiger partial charge in [-0.15, -0.1) is 5.10 Å². The molecule has 1 aliphatic rings. The summed E-state index contributed by atoms with van der Waals surface area (Å²) in [5.74, 6) is 0.829. The van der Waals surface area contributed by atoms with Crippen LogP contribution in [0.1, 0.15) is 60.3 Å². The van der Waals surface area contributed by atoms with Gasteiger partial charge in [0.2, 0.25) is 0 Å². The number of aromatic nitrogens is 5. The first-order valence-corrected chi connectivity index (χ1v) is 13.3. The molecule has 1 aliphatic heterocycles. The maximum Gasteiger partial charge on any atom is 0.252 e. The van der Waals surface area contributed by atoms with Crippen molar-refractivity contribution in [3.63, 3.8) is 0 Å². The number of H-pyrrole nitrogens is 1. The molecule has 1 N–H and O–H groups in total. The third-order valence-corrected chi connectivity index (χ3v) is 7.47. The van der Waals surface area contributed by atoms with Crippen LogP contribution in [0.2, 0.25) is 0 Å². The van der Waals surface area contributed by atoms with Crippen LogP contribution in [0.5, 0.6) is 0 Å². The molecule has 5 rings (SSSR count). The highest BCUT2D eigenvalue weighted by Crippen LogP contribution is 2.26. The van der Waals surface area contributed by atoms with Crippen molar-refractivity contribution < 1.29 is 4.74 Å². The Morgan fingerprint density at radius 3 is 2.81 bits per heavy atom. The van der Waals surface area contributed by atoms with Crippen LogP contribution in [-0.4, -0.2) is 49.3 Å². The molecule has 0 saturated carbocycles. The summed E-state index contributed by atoms with van der Waals surface area (Å²) in [4.78, 5) is 18.6. The second-order valence-electron chi connectivity index (χ2n) is 10.1.